The van der Waals surface area contributed by atoms with E-state index < -0.39 is 0 Å². The van der Waals surface area contributed by atoms with Gasteiger partial charge in [-0.2, -0.15) is 0 Å². The molecular formula is C20H22N2O3. The SMILES string of the molecule is CC[C@@H](C)NC(=O)c1cccc(CN2C(=O)COc3ccccc32)c1. The number of fused-ring (bicyclic) bond motifs is 1. The molecule has 1 N–H and O–H groups in total. The van der Waals surface area contributed by atoms with Crippen molar-refractivity contribution >= 4 is 17.5 Å². The molecule has 130 valence electrons. The summed E-state index contributed by atoms with van der Waals surface area (Å²) in [4.78, 5) is 26.3. The number of benzene rings is 2. The molecule has 25 heavy (non-hydrogen) atoms. The molecule has 0 aliphatic carbocycles. The molecule has 0 saturated carbocycles. The second-order valence-corrected chi connectivity index (χ2v) is 6.22. The zero-order valence-corrected chi connectivity index (χ0v) is 14.5. The minimum absolute atomic E-state index is 0.0329. The highest BCUT2D eigenvalue weighted by atomic mass is 16.5. The van der Waals surface area contributed by atoms with Gasteiger partial charge in [-0.3, -0.25) is 9.59 Å². The van der Waals surface area contributed by atoms with Crippen LogP contribution in [0.3, 0.4) is 0 Å². The van der Waals surface area contributed by atoms with Crippen LogP contribution in [0.5, 0.6) is 5.75 Å². The summed E-state index contributed by atoms with van der Waals surface area (Å²) in [6.45, 7) is 4.45. The van der Waals surface area contributed by atoms with Crippen molar-refractivity contribution in [3.8, 4) is 5.75 Å². The number of carbonyl (C=O) groups excluding carboxylic acids is 2. The van der Waals surface area contributed by atoms with Crippen LogP contribution in [-0.2, 0) is 11.3 Å². The fraction of sp³-hybridized carbons (Fsp3) is 0.300. The molecule has 5 nitrogen and oxygen atoms in total. The molecule has 3 rings (SSSR count). The molecular weight excluding hydrogens is 316 g/mol. The van der Waals surface area contributed by atoms with E-state index in [0.717, 1.165) is 17.7 Å². The van der Waals surface area contributed by atoms with E-state index in [4.69, 9.17) is 4.74 Å². The molecule has 0 saturated heterocycles. The van der Waals surface area contributed by atoms with Crippen LogP contribution in [0.25, 0.3) is 0 Å². The Kier molecular flexibility index (Phi) is 5.03. The lowest BCUT2D eigenvalue weighted by Crippen LogP contribution is -2.38. The molecule has 1 aliphatic rings. The molecule has 0 bridgehead atoms. The predicted octanol–water partition coefficient (Wildman–Crippen LogP) is 3.14. The molecule has 1 atom stereocenters. The standard InChI is InChI=1S/C20H22N2O3/c1-3-14(2)21-20(24)16-8-6-7-15(11-16)12-22-17-9-4-5-10-18(17)25-13-19(22)23/h4-11,14H,3,12-13H2,1-2H3,(H,21,24)/t14-/m1/s1. The number of hydrogen-bond acceptors (Lipinski definition) is 3. The second kappa shape index (κ2) is 7.38. The van der Waals surface area contributed by atoms with E-state index in [0.29, 0.717) is 17.9 Å². The lowest BCUT2D eigenvalue weighted by Gasteiger charge is -2.29. The van der Waals surface area contributed by atoms with Gasteiger partial charge in [-0.05, 0) is 43.2 Å². The zero-order valence-electron chi connectivity index (χ0n) is 14.5. The van der Waals surface area contributed by atoms with Crippen molar-refractivity contribution in [1.82, 2.24) is 5.32 Å². The molecule has 0 unspecified atom stereocenters. The van der Waals surface area contributed by atoms with E-state index >= 15 is 0 Å². The van der Waals surface area contributed by atoms with E-state index in [1.54, 1.807) is 11.0 Å². The topological polar surface area (TPSA) is 58.6 Å². The fourth-order valence-electron chi connectivity index (χ4n) is 2.73. The number of ether oxygens (including phenoxy) is 1. The highest BCUT2D eigenvalue weighted by Crippen LogP contribution is 2.32. The van der Waals surface area contributed by atoms with Gasteiger partial charge < -0.3 is 15.0 Å². The number of para-hydroxylation sites is 2. The van der Waals surface area contributed by atoms with E-state index in [1.807, 2.05) is 56.3 Å². The first-order valence-electron chi connectivity index (χ1n) is 8.50. The Morgan fingerprint density at radius 2 is 2.04 bits per heavy atom. The smallest absolute Gasteiger partial charge is 0.265 e. The number of anilines is 1. The summed E-state index contributed by atoms with van der Waals surface area (Å²) < 4.78 is 5.47. The Labute approximate surface area is 147 Å². The van der Waals surface area contributed by atoms with Crippen LogP contribution >= 0.6 is 0 Å². The third kappa shape index (κ3) is 3.82. The van der Waals surface area contributed by atoms with Crippen molar-refractivity contribution in [3.63, 3.8) is 0 Å². The maximum absolute atomic E-state index is 12.3. The van der Waals surface area contributed by atoms with Gasteiger partial charge in [0.1, 0.15) is 5.75 Å². The largest absolute Gasteiger partial charge is 0.482 e. The highest BCUT2D eigenvalue weighted by molar-refractivity contribution is 5.98. The summed E-state index contributed by atoms with van der Waals surface area (Å²) >= 11 is 0. The first-order chi connectivity index (χ1) is 12.1. The quantitative estimate of drug-likeness (QED) is 0.911. The van der Waals surface area contributed by atoms with Gasteiger partial charge in [-0.1, -0.05) is 31.2 Å². The normalized spacial score (nSPS) is 14.5. The average Bonchev–Trinajstić information content (AvgIpc) is 2.64. The van der Waals surface area contributed by atoms with Crippen LogP contribution in [0, 0.1) is 0 Å². The van der Waals surface area contributed by atoms with Crippen LogP contribution in [0.1, 0.15) is 36.2 Å². The maximum atomic E-state index is 12.3. The van der Waals surface area contributed by atoms with Crippen molar-refractivity contribution in [3.05, 3.63) is 59.7 Å². The van der Waals surface area contributed by atoms with E-state index in [2.05, 4.69) is 5.32 Å². The third-order valence-electron chi connectivity index (χ3n) is 4.33. The van der Waals surface area contributed by atoms with Gasteiger partial charge >= 0.3 is 0 Å². The van der Waals surface area contributed by atoms with E-state index in [1.165, 1.54) is 0 Å². The number of nitrogens with one attached hydrogen (secondary N) is 1. The molecule has 0 radical (unpaired) electrons. The Bertz CT molecular complexity index is 788. The second-order valence-electron chi connectivity index (χ2n) is 6.22. The van der Waals surface area contributed by atoms with Gasteiger partial charge in [-0.25, -0.2) is 0 Å². The molecule has 0 fully saturated rings. The van der Waals surface area contributed by atoms with Crippen LogP contribution in [-0.4, -0.2) is 24.5 Å². The summed E-state index contributed by atoms with van der Waals surface area (Å²) in [5.41, 5.74) is 2.27. The van der Waals surface area contributed by atoms with Crippen molar-refractivity contribution in [2.45, 2.75) is 32.9 Å². The molecule has 1 heterocycles. The number of carbonyl (C=O) groups is 2. The van der Waals surface area contributed by atoms with Crippen molar-refractivity contribution in [2.75, 3.05) is 11.5 Å². The molecule has 2 aromatic carbocycles. The zero-order chi connectivity index (χ0) is 17.8. The van der Waals surface area contributed by atoms with Crippen LogP contribution < -0.4 is 15.0 Å². The molecule has 0 spiro atoms. The van der Waals surface area contributed by atoms with Crippen molar-refractivity contribution < 1.29 is 14.3 Å². The average molecular weight is 338 g/mol. The minimum Gasteiger partial charge on any atom is -0.482 e. The summed E-state index contributed by atoms with van der Waals surface area (Å²) in [6.07, 6.45) is 0.879. The molecule has 2 amide bonds. The van der Waals surface area contributed by atoms with Crippen molar-refractivity contribution in [2.24, 2.45) is 0 Å². The lowest BCUT2D eigenvalue weighted by molar-refractivity contribution is -0.121. The van der Waals surface area contributed by atoms with Gasteiger partial charge in [0.05, 0.1) is 12.2 Å². The first-order valence-corrected chi connectivity index (χ1v) is 8.50. The predicted molar refractivity (Wildman–Crippen MR) is 96.8 cm³/mol. The fourth-order valence-corrected chi connectivity index (χ4v) is 2.73. The third-order valence-corrected chi connectivity index (χ3v) is 4.33. The van der Waals surface area contributed by atoms with Gasteiger partial charge in [0.15, 0.2) is 6.61 Å². The van der Waals surface area contributed by atoms with Crippen LogP contribution in [0.15, 0.2) is 48.5 Å². The number of nitrogens with zero attached hydrogens (tertiary/aromatic N) is 1. The van der Waals surface area contributed by atoms with Crippen LogP contribution in [0.2, 0.25) is 0 Å². The molecule has 2 aromatic rings. The maximum Gasteiger partial charge on any atom is 0.265 e. The number of hydrogen-bond donors (Lipinski definition) is 1. The first kappa shape index (κ1) is 17.0. The van der Waals surface area contributed by atoms with Crippen molar-refractivity contribution in [1.29, 1.82) is 0 Å². The van der Waals surface area contributed by atoms with E-state index in [9.17, 15) is 9.59 Å². The Balaban J connectivity index is 1.81. The Morgan fingerprint density at radius 3 is 2.84 bits per heavy atom. The summed E-state index contributed by atoms with van der Waals surface area (Å²) in [5.74, 6) is 0.519. The molecule has 5 heteroatoms. The van der Waals surface area contributed by atoms with Gasteiger partial charge in [0.25, 0.3) is 11.8 Å². The van der Waals surface area contributed by atoms with Gasteiger partial charge in [0.2, 0.25) is 0 Å². The number of rotatable bonds is 5. The van der Waals surface area contributed by atoms with Gasteiger partial charge in [-0.15, -0.1) is 0 Å². The van der Waals surface area contributed by atoms with E-state index in [-0.39, 0.29) is 24.5 Å². The summed E-state index contributed by atoms with van der Waals surface area (Å²) in [5, 5.41) is 2.96. The Hall–Kier alpha value is -2.82. The Morgan fingerprint density at radius 1 is 1.24 bits per heavy atom. The summed E-state index contributed by atoms with van der Waals surface area (Å²) in [7, 11) is 0. The highest BCUT2D eigenvalue weighted by Gasteiger charge is 2.25. The number of amides is 2. The summed E-state index contributed by atoms with van der Waals surface area (Å²) in [6, 6.07) is 15.0. The van der Waals surface area contributed by atoms with Crippen LogP contribution in [0.4, 0.5) is 5.69 Å². The monoisotopic (exact) mass is 338 g/mol. The minimum atomic E-state index is -0.0927. The molecule has 1 aliphatic heterocycles. The molecule has 0 aromatic heterocycles. The van der Waals surface area contributed by atoms with Gasteiger partial charge in [0, 0.05) is 11.6 Å². The lowest BCUT2D eigenvalue weighted by atomic mass is 10.1.